The van der Waals surface area contributed by atoms with Gasteiger partial charge in [0.1, 0.15) is 9.45 Å². The summed E-state index contributed by atoms with van der Waals surface area (Å²) >= 11 is 1.96. The van der Waals surface area contributed by atoms with E-state index in [1.807, 2.05) is 22.6 Å². The van der Waals surface area contributed by atoms with Gasteiger partial charge in [-0.1, -0.05) is 12.1 Å². The standard InChI is InChI=1S/C11H6F3IN2O/c12-11(13,14)18-8-4-2-1-3-7(8)10-16-6-5-9(15)17-10/h1-6H. The van der Waals surface area contributed by atoms with Crippen LogP contribution in [0.5, 0.6) is 5.75 Å². The predicted octanol–water partition coefficient (Wildman–Crippen LogP) is 3.65. The van der Waals surface area contributed by atoms with Crippen LogP contribution in [0.4, 0.5) is 13.2 Å². The summed E-state index contributed by atoms with van der Waals surface area (Å²) in [6, 6.07) is 7.41. The maximum Gasteiger partial charge on any atom is 0.573 e. The molecule has 2 rings (SSSR count). The van der Waals surface area contributed by atoms with Crippen LogP contribution in [0.25, 0.3) is 11.4 Å². The van der Waals surface area contributed by atoms with Gasteiger partial charge >= 0.3 is 6.36 Å². The Morgan fingerprint density at radius 3 is 2.50 bits per heavy atom. The molecule has 0 fully saturated rings. The topological polar surface area (TPSA) is 35.0 Å². The number of aromatic nitrogens is 2. The Kier molecular flexibility index (Phi) is 3.69. The van der Waals surface area contributed by atoms with Gasteiger partial charge < -0.3 is 4.74 Å². The van der Waals surface area contributed by atoms with Gasteiger partial charge in [0.2, 0.25) is 0 Å². The molecule has 0 atom stereocenters. The zero-order chi connectivity index (χ0) is 13.2. The molecule has 0 radical (unpaired) electrons. The number of alkyl halides is 3. The van der Waals surface area contributed by atoms with Crippen molar-refractivity contribution in [3.63, 3.8) is 0 Å². The van der Waals surface area contributed by atoms with Gasteiger partial charge in [-0.2, -0.15) is 0 Å². The number of hydrogen-bond acceptors (Lipinski definition) is 3. The lowest BCUT2D eigenvalue weighted by molar-refractivity contribution is -0.274. The smallest absolute Gasteiger partial charge is 0.405 e. The van der Waals surface area contributed by atoms with Crippen LogP contribution in [0.2, 0.25) is 0 Å². The van der Waals surface area contributed by atoms with E-state index < -0.39 is 6.36 Å². The van der Waals surface area contributed by atoms with Gasteiger partial charge in [0.25, 0.3) is 0 Å². The third kappa shape index (κ3) is 3.31. The molecule has 2 aromatic rings. The monoisotopic (exact) mass is 366 g/mol. The zero-order valence-electron chi connectivity index (χ0n) is 8.78. The molecular formula is C11H6F3IN2O. The van der Waals surface area contributed by atoms with Crippen LogP contribution in [-0.4, -0.2) is 16.3 Å². The van der Waals surface area contributed by atoms with Crippen molar-refractivity contribution in [1.82, 2.24) is 9.97 Å². The van der Waals surface area contributed by atoms with Gasteiger partial charge in [-0.15, -0.1) is 13.2 Å². The highest BCUT2D eigenvalue weighted by molar-refractivity contribution is 14.1. The second kappa shape index (κ2) is 5.09. The first-order chi connectivity index (χ1) is 8.46. The largest absolute Gasteiger partial charge is 0.573 e. The van der Waals surface area contributed by atoms with Crippen molar-refractivity contribution in [2.75, 3.05) is 0 Å². The maximum atomic E-state index is 12.3. The summed E-state index contributed by atoms with van der Waals surface area (Å²) in [7, 11) is 0. The first-order valence-electron chi connectivity index (χ1n) is 4.79. The minimum atomic E-state index is -4.74. The second-order valence-corrected chi connectivity index (χ2v) is 4.35. The van der Waals surface area contributed by atoms with Crippen molar-refractivity contribution in [3.05, 3.63) is 40.2 Å². The molecule has 0 amide bonds. The van der Waals surface area contributed by atoms with Crippen LogP contribution in [0, 0.1) is 3.70 Å². The average molecular weight is 366 g/mol. The number of para-hydroxylation sites is 1. The van der Waals surface area contributed by atoms with E-state index in [-0.39, 0.29) is 17.1 Å². The van der Waals surface area contributed by atoms with Crippen LogP contribution in [-0.2, 0) is 0 Å². The Bertz CT molecular complexity index is 560. The summed E-state index contributed by atoms with van der Waals surface area (Å²) < 4.78 is 41.3. The fourth-order valence-electron chi connectivity index (χ4n) is 1.33. The Hall–Kier alpha value is -1.38. The first kappa shape index (κ1) is 13.1. The van der Waals surface area contributed by atoms with E-state index in [1.165, 1.54) is 24.4 Å². The van der Waals surface area contributed by atoms with E-state index in [0.29, 0.717) is 3.70 Å². The van der Waals surface area contributed by atoms with Crippen LogP contribution < -0.4 is 4.74 Å². The maximum absolute atomic E-state index is 12.3. The highest BCUT2D eigenvalue weighted by atomic mass is 127. The van der Waals surface area contributed by atoms with Gasteiger partial charge in [0.15, 0.2) is 5.82 Å². The van der Waals surface area contributed by atoms with Crippen molar-refractivity contribution in [1.29, 1.82) is 0 Å². The molecular weight excluding hydrogens is 360 g/mol. The molecule has 7 heteroatoms. The first-order valence-corrected chi connectivity index (χ1v) is 5.87. The minimum Gasteiger partial charge on any atom is -0.405 e. The summed E-state index contributed by atoms with van der Waals surface area (Å²) in [4.78, 5) is 8.00. The number of nitrogens with zero attached hydrogens (tertiary/aromatic N) is 2. The van der Waals surface area contributed by atoms with Gasteiger partial charge in [0.05, 0.1) is 5.56 Å². The Morgan fingerprint density at radius 1 is 1.11 bits per heavy atom. The molecule has 0 unspecified atom stereocenters. The van der Waals surface area contributed by atoms with Crippen molar-refractivity contribution in [3.8, 4) is 17.1 Å². The van der Waals surface area contributed by atoms with Crippen LogP contribution in [0.15, 0.2) is 36.5 Å². The van der Waals surface area contributed by atoms with Gasteiger partial charge in [-0.25, -0.2) is 9.97 Å². The minimum absolute atomic E-state index is 0.196. The Labute approximate surface area is 114 Å². The lowest BCUT2D eigenvalue weighted by atomic mass is 10.2. The molecule has 1 aromatic heterocycles. The lowest BCUT2D eigenvalue weighted by Crippen LogP contribution is -2.17. The average Bonchev–Trinajstić information content (AvgIpc) is 2.27. The van der Waals surface area contributed by atoms with Crippen molar-refractivity contribution in [2.45, 2.75) is 6.36 Å². The summed E-state index contributed by atoms with van der Waals surface area (Å²) in [5, 5.41) is 0. The molecule has 0 aliphatic rings. The fraction of sp³-hybridized carbons (Fsp3) is 0.0909. The number of halogens is 4. The van der Waals surface area contributed by atoms with E-state index in [2.05, 4.69) is 14.7 Å². The number of benzene rings is 1. The van der Waals surface area contributed by atoms with Crippen LogP contribution in [0.3, 0.4) is 0 Å². The Morgan fingerprint density at radius 2 is 1.83 bits per heavy atom. The zero-order valence-corrected chi connectivity index (χ0v) is 10.9. The quantitative estimate of drug-likeness (QED) is 0.601. The van der Waals surface area contributed by atoms with E-state index in [4.69, 9.17) is 0 Å². The third-order valence-electron chi connectivity index (χ3n) is 1.98. The van der Waals surface area contributed by atoms with Crippen molar-refractivity contribution < 1.29 is 17.9 Å². The van der Waals surface area contributed by atoms with Gasteiger partial charge in [-0.05, 0) is 40.8 Å². The van der Waals surface area contributed by atoms with E-state index >= 15 is 0 Å². The molecule has 0 aliphatic heterocycles. The number of rotatable bonds is 2. The van der Waals surface area contributed by atoms with Gasteiger partial charge in [0, 0.05) is 6.20 Å². The Balaban J connectivity index is 2.45. The molecule has 3 nitrogen and oxygen atoms in total. The SMILES string of the molecule is FC(F)(F)Oc1ccccc1-c1nccc(I)n1. The molecule has 1 heterocycles. The number of hydrogen-bond donors (Lipinski definition) is 0. The summed E-state index contributed by atoms with van der Waals surface area (Å²) in [6.07, 6.45) is -3.26. The van der Waals surface area contributed by atoms with Gasteiger partial charge in [-0.3, -0.25) is 0 Å². The molecule has 18 heavy (non-hydrogen) atoms. The van der Waals surface area contributed by atoms with Crippen molar-refractivity contribution >= 4 is 22.6 Å². The molecule has 0 spiro atoms. The molecule has 0 saturated carbocycles. The molecule has 1 aromatic carbocycles. The predicted molar refractivity (Wildman–Crippen MR) is 66.9 cm³/mol. The lowest BCUT2D eigenvalue weighted by Gasteiger charge is -2.12. The number of ether oxygens (including phenoxy) is 1. The highest BCUT2D eigenvalue weighted by Crippen LogP contribution is 2.31. The summed E-state index contributed by atoms with van der Waals surface area (Å²) in [5.74, 6) is -0.117. The second-order valence-electron chi connectivity index (χ2n) is 3.25. The van der Waals surface area contributed by atoms with E-state index in [9.17, 15) is 13.2 Å². The van der Waals surface area contributed by atoms with E-state index in [0.717, 1.165) is 0 Å². The molecule has 0 saturated heterocycles. The summed E-state index contributed by atoms with van der Waals surface area (Å²) in [6.45, 7) is 0. The molecule has 0 bridgehead atoms. The molecule has 94 valence electrons. The van der Waals surface area contributed by atoms with Crippen molar-refractivity contribution in [2.24, 2.45) is 0 Å². The fourth-order valence-corrected chi connectivity index (χ4v) is 1.72. The van der Waals surface area contributed by atoms with E-state index in [1.54, 1.807) is 12.1 Å². The normalized spacial score (nSPS) is 11.3. The molecule has 0 aliphatic carbocycles. The highest BCUT2D eigenvalue weighted by Gasteiger charge is 2.32. The van der Waals surface area contributed by atoms with Crippen LogP contribution >= 0.6 is 22.6 Å². The summed E-state index contributed by atoms with van der Waals surface area (Å²) in [5.41, 5.74) is 0.202. The third-order valence-corrected chi connectivity index (χ3v) is 2.58. The molecule has 0 N–H and O–H groups in total. The van der Waals surface area contributed by atoms with Crippen LogP contribution in [0.1, 0.15) is 0 Å².